The molecule has 0 aliphatic rings. The van der Waals surface area contributed by atoms with Gasteiger partial charge in [-0.3, -0.25) is 4.98 Å². The molecule has 2 rings (SSSR count). The molecule has 0 radical (unpaired) electrons. The molecular weight excluding hydrogens is 225 g/mol. The van der Waals surface area contributed by atoms with E-state index in [0.29, 0.717) is 0 Å². The number of hydrogen-bond acceptors (Lipinski definition) is 4. The second-order valence-corrected chi connectivity index (χ2v) is 4.50. The standard InChI is InChI=1S/C11H12FN3S/c1-7-10(6-13-2)16-11(15-7)9-4-3-8(12)5-14-9/h3-5,13H,6H2,1-2H3. The van der Waals surface area contributed by atoms with Crippen molar-refractivity contribution in [2.75, 3.05) is 7.05 Å². The maximum atomic E-state index is 12.7. The van der Waals surface area contributed by atoms with Crippen LogP contribution >= 0.6 is 11.3 Å². The van der Waals surface area contributed by atoms with Crippen LogP contribution < -0.4 is 5.32 Å². The highest BCUT2D eigenvalue weighted by molar-refractivity contribution is 7.15. The van der Waals surface area contributed by atoms with Crippen LogP contribution in [-0.4, -0.2) is 17.0 Å². The average Bonchev–Trinajstić information content (AvgIpc) is 2.62. The van der Waals surface area contributed by atoms with Gasteiger partial charge >= 0.3 is 0 Å². The summed E-state index contributed by atoms with van der Waals surface area (Å²) in [5.41, 5.74) is 1.72. The largest absolute Gasteiger partial charge is 0.315 e. The van der Waals surface area contributed by atoms with E-state index >= 15 is 0 Å². The van der Waals surface area contributed by atoms with Crippen molar-refractivity contribution in [3.63, 3.8) is 0 Å². The summed E-state index contributed by atoms with van der Waals surface area (Å²) < 4.78 is 12.7. The monoisotopic (exact) mass is 237 g/mol. The van der Waals surface area contributed by atoms with E-state index in [1.807, 2.05) is 14.0 Å². The van der Waals surface area contributed by atoms with Crippen LogP contribution in [-0.2, 0) is 6.54 Å². The van der Waals surface area contributed by atoms with Crippen molar-refractivity contribution in [1.29, 1.82) is 0 Å². The number of nitrogens with zero attached hydrogens (tertiary/aromatic N) is 2. The van der Waals surface area contributed by atoms with E-state index in [1.165, 1.54) is 17.1 Å². The highest BCUT2D eigenvalue weighted by Gasteiger charge is 2.09. The minimum atomic E-state index is -0.326. The Labute approximate surface area is 97.4 Å². The van der Waals surface area contributed by atoms with Gasteiger partial charge in [0.2, 0.25) is 0 Å². The van der Waals surface area contributed by atoms with Crippen LogP contribution in [0.5, 0.6) is 0 Å². The molecule has 2 aromatic heterocycles. The third-order valence-electron chi connectivity index (χ3n) is 2.18. The molecule has 0 saturated carbocycles. The quantitative estimate of drug-likeness (QED) is 0.890. The van der Waals surface area contributed by atoms with Gasteiger partial charge in [0.05, 0.1) is 17.6 Å². The second kappa shape index (κ2) is 4.67. The van der Waals surface area contributed by atoms with Crippen molar-refractivity contribution < 1.29 is 4.39 Å². The number of pyridine rings is 1. The lowest BCUT2D eigenvalue weighted by Crippen LogP contribution is -2.04. The van der Waals surface area contributed by atoms with Gasteiger partial charge in [-0.25, -0.2) is 9.37 Å². The van der Waals surface area contributed by atoms with Crippen LogP contribution in [0.4, 0.5) is 4.39 Å². The molecule has 0 amide bonds. The van der Waals surface area contributed by atoms with Crippen LogP contribution in [0, 0.1) is 12.7 Å². The fourth-order valence-corrected chi connectivity index (χ4v) is 2.42. The molecule has 0 bridgehead atoms. The fourth-order valence-electron chi connectivity index (χ4n) is 1.36. The van der Waals surface area contributed by atoms with Gasteiger partial charge < -0.3 is 5.32 Å². The molecule has 16 heavy (non-hydrogen) atoms. The van der Waals surface area contributed by atoms with Crippen LogP contribution in [0.25, 0.3) is 10.7 Å². The molecule has 0 aromatic carbocycles. The molecule has 0 unspecified atom stereocenters. The van der Waals surface area contributed by atoms with Crippen LogP contribution in [0.15, 0.2) is 18.3 Å². The minimum Gasteiger partial charge on any atom is -0.315 e. The Morgan fingerprint density at radius 3 is 2.88 bits per heavy atom. The number of aromatic nitrogens is 2. The Bertz CT molecular complexity index is 478. The maximum absolute atomic E-state index is 12.7. The molecular formula is C11H12FN3S. The number of hydrogen-bond donors (Lipinski definition) is 1. The lowest BCUT2D eigenvalue weighted by Gasteiger charge is -1.94. The van der Waals surface area contributed by atoms with Crippen molar-refractivity contribution in [1.82, 2.24) is 15.3 Å². The lowest BCUT2D eigenvalue weighted by molar-refractivity contribution is 0.622. The normalized spacial score (nSPS) is 10.7. The van der Waals surface area contributed by atoms with E-state index in [-0.39, 0.29) is 5.82 Å². The summed E-state index contributed by atoms with van der Waals surface area (Å²) in [6, 6.07) is 3.05. The molecule has 0 atom stereocenters. The van der Waals surface area contributed by atoms with Gasteiger partial charge in [-0.2, -0.15) is 0 Å². The first kappa shape index (κ1) is 11.2. The number of thiazole rings is 1. The van der Waals surface area contributed by atoms with Crippen LogP contribution in [0.3, 0.4) is 0 Å². The SMILES string of the molecule is CNCc1sc(-c2ccc(F)cn2)nc1C. The van der Waals surface area contributed by atoms with Gasteiger partial charge in [-0.05, 0) is 26.1 Å². The van der Waals surface area contributed by atoms with E-state index in [1.54, 1.807) is 17.4 Å². The Kier molecular flexibility index (Phi) is 3.26. The van der Waals surface area contributed by atoms with Crippen molar-refractivity contribution in [2.24, 2.45) is 0 Å². The van der Waals surface area contributed by atoms with Crippen molar-refractivity contribution in [2.45, 2.75) is 13.5 Å². The third kappa shape index (κ3) is 2.25. The van der Waals surface area contributed by atoms with Crippen LogP contribution in [0.2, 0.25) is 0 Å². The van der Waals surface area contributed by atoms with E-state index in [4.69, 9.17) is 0 Å². The smallest absolute Gasteiger partial charge is 0.142 e. The van der Waals surface area contributed by atoms with Gasteiger partial charge in [0.1, 0.15) is 10.8 Å². The molecule has 0 aliphatic heterocycles. The van der Waals surface area contributed by atoms with E-state index in [0.717, 1.165) is 22.9 Å². The predicted octanol–water partition coefficient (Wildman–Crippen LogP) is 2.37. The third-order valence-corrected chi connectivity index (χ3v) is 3.36. The molecule has 0 saturated heterocycles. The highest BCUT2D eigenvalue weighted by Crippen LogP contribution is 2.26. The summed E-state index contributed by atoms with van der Waals surface area (Å²) in [5, 5.41) is 3.92. The molecule has 0 fully saturated rings. The predicted molar refractivity (Wildman–Crippen MR) is 62.8 cm³/mol. The second-order valence-electron chi connectivity index (χ2n) is 3.42. The first-order valence-corrected chi connectivity index (χ1v) is 5.75. The molecule has 1 N–H and O–H groups in total. The number of rotatable bonds is 3. The number of nitrogens with one attached hydrogen (secondary N) is 1. The summed E-state index contributed by atoms with van der Waals surface area (Å²) in [6.07, 6.45) is 1.21. The fraction of sp³-hybridized carbons (Fsp3) is 0.273. The van der Waals surface area contributed by atoms with Crippen molar-refractivity contribution >= 4 is 11.3 Å². The molecule has 2 heterocycles. The first-order chi connectivity index (χ1) is 7.70. The van der Waals surface area contributed by atoms with E-state index in [9.17, 15) is 4.39 Å². The Balaban J connectivity index is 2.33. The molecule has 5 heteroatoms. The van der Waals surface area contributed by atoms with Crippen molar-refractivity contribution in [3.8, 4) is 10.7 Å². The highest BCUT2D eigenvalue weighted by atomic mass is 32.1. The maximum Gasteiger partial charge on any atom is 0.142 e. The zero-order valence-corrected chi connectivity index (χ0v) is 9.94. The Morgan fingerprint density at radius 1 is 1.44 bits per heavy atom. The summed E-state index contributed by atoms with van der Waals surface area (Å²) in [5.74, 6) is -0.326. The average molecular weight is 237 g/mol. The number of halogens is 1. The van der Waals surface area contributed by atoms with Gasteiger partial charge in [-0.1, -0.05) is 0 Å². The van der Waals surface area contributed by atoms with Gasteiger partial charge in [-0.15, -0.1) is 11.3 Å². The zero-order chi connectivity index (χ0) is 11.5. The van der Waals surface area contributed by atoms with Gasteiger partial charge in [0.15, 0.2) is 0 Å². The summed E-state index contributed by atoms with van der Waals surface area (Å²) in [7, 11) is 1.90. The van der Waals surface area contributed by atoms with E-state index in [2.05, 4.69) is 15.3 Å². The summed E-state index contributed by atoms with van der Waals surface area (Å²) in [6.45, 7) is 2.76. The lowest BCUT2D eigenvalue weighted by atomic mass is 10.3. The first-order valence-electron chi connectivity index (χ1n) is 4.93. The molecule has 0 spiro atoms. The zero-order valence-electron chi connectivity index (χ0n) is 9.12. The molecule has 0 aliphatic carbocycles. The van der Waals surface area contributed by atoms with Crippen molar-refractivity contribution in [3.05, 3.63) is 34.7 Å². The summed E-state index contributed by atoms with van der Waals surface area (Å²) in [4.78, 5) is 9.62. The Hall–Kier alpha value is -1.33. The Morgan fingerprint density at radius 2 is 2.25 bits per heavy atom. The van der Waals surface area contributed by atoms with Gasteiger partial charge in [0, 0.05) is 11.4 Å². The number of aryl methyl sites for hydroxylation is 1. The van der Waals surface area contributed by atoms with Crippen LogP contribution in [0.1, 0.15) is 10.6 Å². The molecule has 3 nitrogen and oxygen atoms in total. The van der Waals surface area contributed by atoms with Gasteiger partial charge in [0.25, 0.3) is 0 Å². The summed E-state index contributed by atoms with van der Waals surface area (Å²) >= 11 is 1.58. The molecule has 84 valence electrons. The molecule has 2 aromatic rings. The topological polar surface area (TPSA) is 37.8 Å². The minimum absolute atomic E-state index is 0.326. The van der Waals surface area contributed by atoms with E-state index < -0.39 is 0 Å².